The molecule has 0 rings (SSSR count). The molecule has 0 bridgehead atoms. The van der Waals surface area contributed by atoms with E-state index in [4.69, 9.17) is 11.6 Å². The highest BCUT2D eigenvalue weighted by atomic mass is 35.5. The minimum Gasteiger partial charge on any atom is -0.278 e. The van der Waals surface area contributed by atoms with Crippen molar-refractivity contribution in [3.8, 4) is 0 Å². The third kappa shape index (κ3) is 3.16. The van der Waals surface area contributed by atoms with Crippen LogP contribution in [0.25, 0.3) is 0 Å². The van der Waals surface area contributed by atoms with E-state index in [1.807, 2.05) is 6.92 Å². The Hall–Kier alpha value is -0.110. The summed E-state index contributed by atoms with van der Waals surface area (Å²) < 4.78 is 12.9. The first-order valence-electron chi connectivity index (χ1n) is 3.39. The zero-order chi connectivity index (χ0) is 8.20. The quantitative estimate of drug-likeness (QED) is 0.587. The molecule has 0 aliphatic heterocycles. The summed E-state index contributed by atoms with van der Waals surface area (Å²) in [5.74, 6) is 0. The Morgan fingerprint density at radius 2 is 2.20 bits per heavy atom. The molecule has 0 fully saturated rings. The van der Waals surface area contributed by atoms with Crippen LogP contribution in [0.4, 0.5) is 4.39 Å². The third-order valence-corrected chi connectivity index (χ3v) is 1.80. The number of halogens is 2. The van der Waals surface area contributed by atoms with Gasteiger partial charge in [-0.25, -0.2) is 4.39 Å². The van der Waals surface area contributed by atoms with Crippen molar-refractivity contribution in [2.75, 3.05) is 0 Å². The van der Waals surface area contributed by atoms with E-state index in [1.165, 1.54) is 6.92 Å². The van der Waals surface area contributed by atoms with Gasteiger partial charge in [0.2, 0.25) is 0 Å². The molecule has 3 heteroatoms. The molecule has 0 aromatic heterocycles. The monoisotopic (exact) mass is 166 g/mol. The average Bonchev–Trinajstić information content (AvgIpc) is 1.84. The van der Waals surface area contributed by atoms with E-state index in [0.717, 1.165) is 6.42 Å². The maximum atomic E-state index is 12.9. The SMILES string of the molecule is CCCCC(C)(F)C(=O)Cl. The van der Waals surface area contributed by atoms with Gasteiger partial charge in [0.25, 0.3) is 5.24 Å². The predicted molar refractivity (Wildman–Crippen MR) is 39.9 cm³/mol. The summed E-state index contributed by atoms with van der Waals surface area (Å²) in [7, 11) is 0. The Morgan fingerprint density at radius 3 is 2.50 bits per heavy atom. The maximum Gasteiger partial charge on any atom is 0.258 e. The number of carbonyl (C=O) groups excluding carboxylic acids is 1. The Labute approximate surface area is 65.6 Å². The molecule has 60 valence electrons. The number of hydrogen-bond acceptors (Lipinski definition) is 1. The smallest absolute Gasteiger partial charge is 0.258 e. The minimum absolute atomic E-state index is 0.228. The normalized spacial score (nSPS) is 16.4. The van der Waals surface area contributed by atoms with Gasteiger partial charge in [0, 0.05) is 0 Å². The fraction of sp³-hybridized carbons (Fsp3) is 0.857. The van der Waals surface area contributed by atoms with Gasteiger partial charge >= 0.3 is 0 Å². The van der Waals surface area contributed by atoms with Crippen LogP contribution >= 0.6 is 11.6 Å². The molecule has 0 saturated heterocycles. The topological polar surface area (TPSA) is 17.1 Å². The Kier molecular flexibility index (Phi) is 3.87. The van der Waals surface area contributed by atoms with Crippen LogP contribution < -0.4 is 0 Å². The van der Waals surface area contributed by atoms with Crippen LogP contribution in [0, 0.1) is 0 Å². The number of unbranched alkanes of at least 4 members (excludes halogenated alkanes) is 1. The van der Waals surface area contributed by atoms with E-state index in [0.29, 0.717) is 6.42 Å². The number of alkyl halides is 1. The molecule has 0 saturated carbocycles. The molecule has 0 aliphatic carbocycles. The third-order valence-electron chi connectivity index (χ3n) is 1.41. The minimum atomic E-state index is -1.82. The van der Waals surface area contributed by atoms with Gasteiger partial charge in [0.1, 0.15) is 0 Å². The first kappa shape index (κ1) is 9.89. The summed E-state index contributed by atoms with van der Waals surface area (Å²) in [5, 5.41) is -0.888. The van der Waals surface area contributed by atoms with Crippen LogP contribution in [0.2, 0.25) is 0 Å². The molecule has 0 aliphatic rings. The largest absolute Gasteiger partial charge is 0.278 e. The number of rotatable bonds is 4. The molecule has 0 N–H and O–H groups in total. The van der Waals surface area contributed by atoms with Crippen molar-refractivity contribution >= 4 is 16.8 Å². The lowest BCUT2D eigenvalue weighted by molar-refractivity contribution is -0.121. The van der Waals surface area contributed by atoms with E-state index in [-0.39, 0.29) is 6.42 Å². The Balaban J connectivity index is 3.75. The van der Waals surface area contributed by atoms with Crippen LogP contribution in [-0.4, -0.2) is 10.9 Å². The second-order valence-corrected chi connectivity index (χ2v) is 2.92. The predicted octanol–water partition coefficient (Wildman–Crippen LogP) is 2.67. The van der Waals surface area contributed by atoms with E-state index in [9.17, 15) is 9.18 Å². The van der Waals surface area contributed by atoms with Crippen molar-refractivity contribution in [2.45, 2.75) is 38.8 Å². The van der Waals surface area contributed by atoms with E-state index in [2.05, 4.69) is 0 Å². The van der Waals surface area contributed by atoms with Gasteiger partial charge < -0.3 is 0 Å². The lowest BCUT2D eigenvalue weighted by Crippen LogP contribution is -2.25. The standard InChI is InChI=1S/C7H12ClFO/c1-3-4-5-7(2,9)6(8)10/h3-5H2,1-2H3. The first-order chi connectivity index (χ1) is 4.50. The van der Waals surface area contributed by atoms with Gasteiger partial charge in [0.15, 0.2) is 5.67 Å². The van der Waals surface area contributed by atoms with E-state index >= 15 is 0 Å². The van der Waals surface area contributed by atoms with Gasteiger partial charge in [-0.2, -0.15) is 0 Å². The molecule has 0 aromatic carbocycles. The highest BCUT2D eigenvalue weighted by Crippen LogP contribution is 2.21. The van der Waals surface area contributed by atoms with Crippen LogP contribution in [0.3, 0.4) is 0 Å². The summed E-state index contributed by atoms with van der Waals surface area (Å²) >= 11 is 4.99. The van der Waals surface area contributed by atoms with Crippen molar-refractivity contribution in [1.29, 1.82) is 0 Å². The van der Waals surface area contributed by atoms with Gasteiger partial charge in [0.05, 0.1) is 0 Å². The second-order valence-electron chi connectivity index (χ2n) is 2.57. The van der Waals surface area contributed by atoms with Crippen molar-refractivity contribution in [1.82, 2.24) is 0 Å². The highest BCUT2D eigenvalue weighted by Gasteiger charge is 2.29. The zero-order valence-corrected chi connectivity index (χ0v) is 7.04. The van der Waals surface area contributed by atoms with Gasteiger partial charge in [-0.15, -0.1) is 0 Å². The lowest BCUT2D eigenvalue weighted by atomic mass is 10.0. The fourth-order valence-corrected chi connectivity index (χ4v) is 0.702. The van der Waals surface area contributed by atoms with E-state index < -0.39 is 10.9 Å². The molecule has 0 amide bonds. The fourth-order valence-electron chi connectivity index (χ4n) is 0.607. The first-order valence-corrected chi connectivity index (χ1v) is 3.77. The van der Waals surface area contributed by atoms with Crippen molar-refractivity contribution in [3.63, 3.8) is 0 Å². The molecule has 0 heterocycles. The molecular weight excluding hydrogens is 155 g/mol. The molecule has 0 spiro atoms. The summed E-state index contributed by atoms with van der Waals surface area (Å²) in [6, 6.07) is 0. The van der Waals surface area contributed by atoms with E-state index in [1.54, 1.807) is 0 Å². The molecule has 1 unspecified atom stereocenters. The van der Waals surface area contributed by atoms with Crippen molar-refractivity contribution < 1.29 is 9.18 Å². The molecular formula is C7H12ClFO. The van der Waals surface area contributed by atoms with Gasteiger partial charge in [-0.3, -0.25) is 4.79 Å². The van der Waals surface area contributed by atoms with Crippen molar-refractivity contribution in [3.05, 3.63) is 0 Å². The lowest BCUT2D eigenvalue weighted by Gasteiger charge is -2.13. The number of hydrogen-bond donors (Lipinski definition) is 0. The Bertz CT molecular complexity index is 123. The molecule has 0 aromatic rings. The second kappa shape index (κ2) is 3.91. The summed E-state index contributed by atoms with van der Waals surface area (Å²) in [4.78, 5) is 10.4. The number of carbonyl (C=O) groups is 1. The summed E-state index contributed by atoms with van der Waals surface area (Å²) in [6.45, 7) is 3.16. The molecule has 0 radical (unpaired) electrons. The molecule has 1 atom stereocenters. The zero-order valence-electron chi connectivity index (χ0n) is 6.29. The Morgan fingerprint density at radius 1 is 1.70 bits per heavy atom. The van der Waals surface area contributed by atoms with Gasteiger partial charge in [-0.1, -0.05) is 19.8 Å². The molecule has 10 heavy (non-hydrogen) atoms. The summed E-state index contributed by atoms with van der Waals surface area (Å²) in [5.41, 5.74) is -1.82. The van der Waals surface area contributed by atoms with Crippen molar-refractivity contribution in [2.24, 2.45) is 0 Å². The van der Waals surface area contributed by atoms with Crippen LogP contribution in [0.1, 0.15) is 33.1 Å². The van der Waals surface area contributed by atoms with Crippen LogP contribution in [0.5, 0.6) is 0 Å². The van der Waals surface area contributed by atoms with Crippen LogP contribution in [0.15, 0.2) is 0 Å². The van der Waals surface area contributed by atoms with Gasteiger partial charge in [-0.05, 0) is 24.9 Å². The summed E-state index contributed by atoms with van der Waals surface area (Å²) in [6.07, 6.45) is 1.81. The highest BCUT2D eigenvalue weighted by molar-refractivity contribution is 6.65. The molecule has 1 nitrogen and oxygen atoms in total. The average molecular weight is 167 g/mol. The van der Waals surface area contributed by atoms with Crippen LogP contribution in [-0.2, 0) is 4.79 Å². The maximum absolute atomic E-state index is 12.9.